The maximum Gasteiger partial charge on any atom is 0.160 e. The number of nitroso groups, excluding NO2 is 1. The maximum absolute atomic E-state index is 14.4. The largest absolute Gasteiger partial charge is 0.264 e. The van der Waals surface area contributed by atoms with E-state index in [4.69, 9.17) is 0 Å². The first kappa shape index (κ1) is 17.1. The predicted octanol–water partition coefficient (Wildman–Crippen LogP) is 6.05. The molecular weight excluding hydrogens is 367 g/mol. The van der Waals surface area contributed by atoms with Crippen LogP contribution >= 0.6 is 0 Å². The molecule has 138 valence electrons. The minimum Gasteiger partial charge on any atom is -0.264 e. The summed E-state index contributed by atoms with van der Waals surface area (Å²) in [6.07, 6.45) is 4.94. The second-order valence-corrected chi connectivity index (χ2v) is 6.55. The number of aromatic nitrogens is 3. The minimum absolute atomic E-state index is 0.322. The van der Waals surface area contributed by atoms with Crippen LogP contribution in [0.5, 0.6) is 0 Å². The molecule has 0 aliphatic carbocycles. The second-order valence-electron chi connectivity index (χ2n) is 6.55. The first-order valence-electron chi connectivity index (χ1n) is 8.97. The molecule has 0 saturated carbocycles. The Labute approximate surface area is 164 Å². The van der Waals surface area contributed by atoms with E-state index in [-0.39, 0.29) is 5.82 Å². The van der Waals surface area contributed by atoms with Crippen molar-refractivity contribution in [2.75, 3.05) is 0 Å². The zero-order valence-electron chi connectivity index (χ0n) is 15.1. The van der Waals surface area contributed by atoms with Gasteiger partial charge in [-0.1, -0.05) is 18.2 Å². The van der Waals surface area contributed by atoms with Crippen molar-refractivity contribution in [1.29, 1.82) is 0 Å². The summed E-state index contributed by atoms with van der Waals surface area (Å²) in [5.74, 6) is -0.351. The fourth-order valence-electron chi connectivity index (χ4n) is 3.58. The second kappa shape index (κ2) is 6.83. The standard InChI is InChI=1S/C23H13FN4O/c24-20-6-2-1-4-17(20)22-12-18(16-5-3-10-26-23(16)27-22)14-7-8-21(28-29)19-13-25-11-9-15(14)19/h1-13H. The Morgan fingerprint density at radius 1 is 0.793 bits per heavy atom. The summed E-state index contributed by atoms with van der Waals surface area (Å²) in [6, 6.07) is 17.5. The van der Waals surface area contributed by atoms with Crippen LogP contribution in [0.2, 0.25) is 0 Å². The third-order valence-electron chi connectivity index (χ3n) is 4.92. The average molecular weight is 380 g/mol. The lowest BCUT2D eigenvalue weighted by molar-refractivity contribution is 0.631. The molecule has 5 nitrogen and oxygen atoms in total. The third kappa shape index (κ3) is 2.82. The molecule has 0 atom stereocenters. The summed E-state index contributed by atoms with van der Waals surface area (Å²) < 4.78 is 14.4. The van der Waals surface area contributed by atoms with Gasteiger partial charge in [-0.25, -0.2) is 14.4 Å². The number of rotatable bonds is 3. The number of hydrogen-bond donors (Lipinski definition) is 0. The van der Waals surface area contributed by atoms with Crippen LogP contribution in [-0.2, 0) is 0 Å². The van der Waals surface area contributed by atoms with E-state index >= 15 is 0 Å². The smallest absolute Gasteiger partial charge is 0.160 e. The molecule has 3 aromatic heterocycles. The van der Waals surface area contributed by atoms with E-state index in [1.54, 1.807) is 42.9 Å². The van der Waals surface area contributed by atoms with Crippen LogP contribution in [0, 0.1) is 10.7 Å². The molecule has 6 heteroatoms. The molecule has 0 amide bonds. The number of nitrogens with zero attached hydrogens (tertiary/aromatic N) is 4. The van der Waals surface area contributed by atoms with Gasteiger partial charge in [-0.05, 0) is 64.2 Å². The molecule has 0 unspecified atom stereocenters. The summed E-state index contributed by atoms with van der Waals surface area (Å²) >= 11 is 0. The van der Waals surface area contributed by atoms with Gasteiger partial charge in [0.1, 0.15) is 11.5 Å². The molecule has 0 saturated heterocycles. The van der Waals surface area contributed by atoms with Crippen molar-refractivity contribution in [2.45, 2.75) is 0 Å². The Bertz CT molecular complexity index is 1400. The molecule has 0 bridgehead atoms. The summed E-state index contributed by atoms with van der Waals surface area (Å²) in [6.45, 7) is 0. The van der Waals surface area contributed by atoms with Crippen molar-refractivity contribution in [3.05, 3.63) is 90.0 Å². The van der Waals surface area contributed by atoms with E-state index in [2.05, 4.69) is 20.1 Å². The fraction of sp³-hybridized carbons (Fsp3) is 0. The monoisotopic (exact) mass is 380 g/mol. The van der Waals surface area contributed by atoms with Crippen LogP contribution in [0.4, 0.5) is 10.1 Å². The molecule has 5 aromatic rings. The van der Waals surface area contributed by atoms with Gasteiger partial charge < -0.3 is 0 Å². The van der Waals surface area contributed by atoms with Gasteiger partial charge in [-0.15, -0.1) is 4.91 Å². The van der Waals surface area contributed by atoms with Gasteiger partial charge in [0, 0.05) is 34.9 Å². The van der Waals surface area contributed by atoms with Gasteiger partial charge in [-0.3, -0.25) is 4.98 Å². The lowest BCUT2D eigenvalue weighted by Crippen LogP contribution is -1.94. The molecule has 0 aliphatic rings. The van der Waals surface area contributed by atoms with Crippen LogP contribution < -0.4 is 0 Å². The zero-order valence-corrected chi connectivity index (χ0v) is 15.1. The highest BCUT2D eigenvalue weighted by Crippen LogP contribution is 2.38. The SMILES string of the molecule is O=Nc1ccc(-c2cc(-c3ccccc3F)nc3ncccc23)c2ccncc12. The Kier molecular flexibility index (Phi) is 4.02. The fourth-order valence-corrected chi connectivity index (χ4v) is 3.58. The van der Waals surface area contributed by atoms with Crippen molar-refractivity contribution in [2.24, 2.45) is 5.18 Å². The summed E-state index contributed by atoms with van der Waals surface area (Å²) in [5.41, 5.74) is 3.44. The number of pyridine rings is 3. The zero-order chi connectivity index (χ0) is 19.8. The predicted molar refractivity (Wildman–Crippen MR) is 111 cm³/mol. The van der Waals surface area contributed by atoms with Crippen molar-refractivity contribution in [1.82, 2.24) is 15.0 Å². The highest BCUT2D eigenvalue weighted by molar-refractivity contribution is 6.07. The van der Waals surface area contributed by atoms with Crippen LogP contribution in [0.1, 0.15) is 0 Å². The average Bonchev–Trinajstić information content (AvgIpc) is 2.78. The van der Waals surface area contributed by atoms with Gasteiger partial charge in [-0.2, -0.15) is 0 Å². The lowest BCUT2D eigenvalue weighted by Gasteiger charge is -2.13. The Hall–Kier alpha value is -4.06. The van der Waals surface area contributed by atoms with Crippen LogP contribution in [-0.4, -0.2) is 15.0 Å². The van der Waals surface area contributed by atoms with Crippen molar-refractivity contribution < 1.29 is 4.39 Å². The number of halogens is 1. The van der Waals surface area contributed by atoms with Crippen molar-refractivity contribution in [3.63, 3.8) is 0 Å². The van der Waals surface area contributed by atoms with E-state index in [0.717, 1.165) is 21.9 Å². The summed E-state index contributed by atoms with van der Waals surface area (Å²) in [7, 11) is 0. The van der Waals surface area contributed by atoms with Crippen LogP contribution in [0.15, 0.2) is 84.4 Å². The number of fused-ring (bicyclic) bond motifs is 2. The molecule has 29 heavy (non-hydrogen) atoms. The highest BCUT2D eigenvalue weighted by Gasteiger charge is 2.15. The molecule has 0 fully saturated rings. The minimum atomic E-state index is -0.351. The van der Waals surface area contributed by atoms with Crippen LogP contribution in [0.25, 0.3) is 44.2 Å². The van der Waals surface area contributed by atoms with E-state index in [1.807, 2.05) is 30.3 Å². The molecule has 0 spiro atoms. The quantitative estimate of drug-likeness (QED) is 0.357. The lowest BCUT2D eigenvalue weighted by atomic mass is 9.95. The van der Waals surface area contributed by atoms with Gasteiger partial charge in [0.25, 0.3) is 0 Å². The van der Waals surface area contributed by atoms with Crippen molar-refractivity contribution in [3.8, 4) is 22.4 Å². The van der Waals surface area contributed by atoms with Crippen molar-refractivity contribution >= 4 is 27.5 Å². The Morgan fingerprint density at radius 2 is 1.69 bits per heavy atom. The first-order chi connectivity index (χ1) is 14.3. The van der Waals surface area contributed by atoms with Gasteiger partial charge in [0.05, 0.1) is 5.69 Å². The number of benzene rings is 2. The van der Waals surface area contributed by atoms with E-state index in [1.165, 1.54) is 6.07 Å². The Morgan fingerprint density at radius 3 is 2.55 bits per heavy atom. The molecule has 2 aromatic carbocycles. The van der Waals surface area contributed by atoms with E-state index < -0.39 is 0 Å². The topological polar surface area (TPSA) is 68.1 Å². The summed E-state index contributed by atoms with van der Waals surface area (Å²) in [5, 5.41) is 5.42. The van der Waals surface area contributed by atoms with Gasteiger partial charge in [0.15, 0.2) is 5.65 Å². The van der Waals surface area contributed by atoms with E-state index in [9.17, 15) is 9.30 Å². The molecule has 0 N–H and O–H groups in total. The molecule has 3 heterocycles. The first-order valence-corrected chi connectivity index (χ1v) is 8.97. The van der Waals surface area contributed by atoms with Gasteiger partial charge >= 0.3 is 0 Å². The number of hydrogen-bond acceptors (Lipinski definition) is 5. The third-order valence-corrected chi connectivity index (χ3v) is 4.92. The molecule has 0 radical (unpaired) electrons. The van der Waals surface area contributed by atoms with E-state index in [0.29, 0.717) is 28.0 Å². The molecule has 0 aliphatic heterocycles. The Balaban J connectivity index is 1.88. The molecular formula is C23H13FN4O. The van der Waals surface area contributed by atoms with Gasteiger partial charge in [0.2, 0.25) is 0 Å². The van der Waals surface area contributed by atoms with Crippen LogP contribution in [0.3, 0.4) is 0 Å². The molecule has 5 rings (SSSR count). The highest BCUT2D eigenvalue weighted by atomic mass is 19.1. The normalized spacial score (nSPS) is 11.1. The maximum atomic E-state index is 14.4. The summed E-state index contributed by atoms with van der Waals surface area (Å²) in [4.78, 5) is 24.3.